The van der Waals surface area contributed by atoms with Crippen LogP contribution in [-0.4, -0.2) is 19.5 Å². The predicted octanol–water partition coefficient (Wildman–Crippen LogP) is 4.06. The second kappa shape index (κ2) is 6.70. The molecule has 0 aliphatic carbocycles. The van der Waals surface area contributed by atoms with Gasteiger partial charge in [-0.15, -0.1) is 0 Å². The molecule has 0 amide bonds. The maximum Gasteiger partial charge on any atom is 0.263 e. The Morgan fingerprint density at radius 1 is 0.821 bits per heavy atom. The van der Waals surface area contributed by atoms with Crippen molar-refractivity contribution in [2.45, 2.75) is 6.54 Å². The zero-order chi connectivity index (χ0) is 18.9. The van der Waals surface area contributed by atoms with Crippen molar-refractivity contribution in [1.82, 2.24) is 19.5 Å². The summed E-state index contributed by atoms with van der Waals surface area (Å²) in [5.74, 6) is 0. The minimum Gasteiger partial charge on any atom is -0.294 e. The average molecular weight is 364 g/mol. The van der Waals surface area contributed by atoms with Crippen molar-refractivity contribution < 1.29 is 0 Å². The molecule has 0 bridgehead atoms. The Morgan fingerprint density at radius 2 is 1.75 bits per heavy atom. The molecule has 28 heavy (non-hydrogen) atoms. The maximum absolute atomic E-state index is 12.7. The molecular formula is C23H16N4O. The lowest BCUT2D eigenvalue weighted by atomic mass is 10.0. The van der Waals surface area contributed by atoms with Gasteiger partial charge in [-0.2, -0.15) is 0 Å². The van der Waals surface area contributed by atoms with E-state index in [1.807, 2.05) is 24.4 Å². The van der Waals surface area contributed by atoms with Crippen LogP contribution in [0.2, 0.25) is 0 Å². The molecule has 5 aromatic rings. The van der Waals surface area contributed by atoms with E-state index in [2.05, 4.69) is 45.3 Å². The Labute approximate surface area is 161 Å². The SMILES string of the molecule is O=c1c2cccnc2ncn1Cc1cccc(-c2ccc3cnccc3c2)c1. The van der Waals surface area contributed by atoms with Crippen molar-refractivity contribution in [2.75, 3.05) is 0 Å². The highest BCUT2D eigenvalue weighted by Gasteiger charge is 2.06. The first-order chi connectivity index (χ1) is 13.8. The van der Waals surface area contributed by atoms with Gasteiger partial charge in [-0.3, -0.25) is 14.3 Å². The summed E-state index contributed by atoms with van der Waals surface area (Å²) in [6, 6.07) is 20.1. The lowest BCUT2D eigenvalue weighted by Crippen LogP contribution is -2.21. The Morgan fingerprint density at radius 3 is 2.71 bits per heavy atom. The third-order valence-electron chi connectivity index (χ3n) is 4.85. The molecule has 2 aromatic carbocycles. The average Bonchev–Trinajstić information content (AvgIpc) is 2.76. The molecule has 0 saturated carbocycles. The van der Waals surface area contributed by atoms with Crippen LogP contribution in [0.15, 0.2) is 90.4 Å². The Kier molecular flexibility index (Phi) is 3.91. The Hall–Kier alpha value is -3.86. The molecule has 0 radical (unpaired) electrons. The van der Waals surface area contributed by atoms with E-state index >= 15 is 0 Å². The molecule has 0 aliphatic rings. The van der Waals surface area contributed by atoms with E-state index < -0.39 is 0 Å². The van der Waals surface area contributed by atoms with Crippen LogP contribution in [0.25, 0.3) is 32.9 Å². The minimum absolute atomic E-state index is 0.0818. The van der Waals surface area contributed by atoms with Gasteiger partial charge in [0, 0.05) is 24.0 Å². The van der Waals surface area contributed by atoms with Crippen molar-refractivity contribution >= 4 is 21.8 Å². The first-order valence-electron chi connectivity index (χ1n) is 9.01. The number of nitrogens with zero attached hydrogens (tertiary/aromatic N) is 4. The number of rotatable bonds is 3. The fourth-order valence-corrected chi connectivity index (χ4v) is 3.42. The monoisotopic (exact) mass is 364 g/mol. The van der Waals surface area contributed by atoms with E-state index in [9.17, 15) is 4.79 Å². The van der Waals surface area contributed by atoms with Crippen LogP contribution in [0.5, 0.6) is 0 Å². The first kappa shape index (κ1) is 16.3. The largest absolute Gasteiger partial charge is 0.294 e. The third-order valence-corrected chi connectivity index (χ3v) is 4.85. The van der Waals surface area contributed by atoms with Gasteiger partial charge in [-0.05, 0) is 52.4 Å². The summed E-state index contributed by atoms with van der Waals surface area (Å²) in [6.45, 7) is 0.460. The van der Waals surface area contributed by atoms with Crippen LogP contribution in [0.4, 0.5) is 0 Å². The molecule has 0 saturated heterocycles. The summed E-state index contributed by atoms with van der Waals surface area (Å²) >= 11 is 0. The maximum atomic E-state index is 12.7. The highest BCUT2D eigenvalue weighted by atomic mass is 16.1. The zero-order valence-corrected chi connectivity index (χ0v) is 15.0. The van der Waals surface area contributed by atoms with Gasteiger partial charge in [0.15, 0.2) is 5.65 Å². The summed E-state index contributed by atoms with van der Waals surface area (Å²) in [5.41, 5.74) is 3.68. The van der Waals surface area contributed by atoms with Crippen LogP contribution in [0.1, 0.15) is 5.56 Å². The van der Waals surface area contributed by atoms with Crippen LogP contribution in [-0.2, 0) is 6.54 Å². The smallest absolute Gasteiger partial charge is 0.263 e. The van der Waals surface area contributed by atoms with Crippen LogP contribution in [0.3, 0.4) is 0 Å². The zero-order valence-electron chi connectivity index (χ0n) is 15.0. The molecule has 3 aromatic heterocycles. The van der Waals surface area contributed by atoms with Gasteiger partial charge in [0.2, 0.25) is 0 Å². The quantitative estimate of drug-likeness (QED) is 0.484. The molecule has 5 rings (SSSR count). The molecule has 0 N–H and O–H groups in total. The summed E-state index contributed by atoms with van der Waals surface area (Å²) < 4.78 is 1.62. The van der Waals surface area contributed by atoms with Gasteiger partial charge in [-0.25, -0.2) is 9.97 Å². The third kappa shape index (κ3) is 2.93. The molecule has 3 heterocycles. The topological polar surface area (TPSA) is 60.7 Å². The van der Waals surface area contributed by atoms with Gasteiger partial charge in [0.05, 0.1) is 11.9 Å². The Bertz CT molecular complexity index is 1370. The van der Waals surface area contributed by atoms with Gasteiger partial charge in [0.1, 0.15) is 6.33 Å². The molecular weight excluding hydrogens is 348 g/mol. The van der Waals surface area contributed by atoms with Crippen LogP contribution in [0, 0.1) is 0 Å². The molecule has 0 unspecified atom stereocenters. The van der Waals surface area contributed by atoms with E-state index in [0.29, 0.717) is 17.6 Å². The summed E-state index contributed by atoms with van der Waals surface area (Å²) in [7, 11) is 0. The highest BCUT2D eigenvalue weighted by Crippen LogP contribution is 2.25. The van der Waals surface area contributed by atoms with Crippen LogP contribution >= 0.6 is 0 Å². The summed E-state index contributed by atoms with van der Waals surface area (Å²) in [6.07, 6.45) is 6.87. The van der Waals surface area contributed by atoms with Crippen LogP contribution < -0.4 is 5.56 Å². The van der Waals surface area contributed by atoms with Crippen molar-refractivity contribution in [2.24, 2.45) is 0 Å². The van der Waals surface area contributed by atoms with Gasteiger partial charge >= 0.3 is 0 Å². The summed E-state index contributed by atoms with van der Waals surface area (Å²) in [4.78, 5) is 25.3. The van der Waals surface area contributed by atoms with Crippen molar-refractivity contribution in [3.63, 3.8) is 0 Å². The van der Waals surface area contributed by atoms with Gasteiger partial charge in [0.25, 0.3) is 5.56 Å². The van der Waals surface area contributed by atoms with E-state index in [0.717, 1.165) is 27.5 Å². The number of pyridine rings is 2. The number of hydrogen-bond donors (Lipinski definition) is 0. The van der Waals surface area contributed by atoms with E-state index in [-0.39, 0.29) is 5.56 Å². The molecule has 0 fully saturated rings. The Balaban J connectivity index is 1.52. The normalized spacial score (nSPS) is 11.1. The standard InChI is InChI=1S/C23H16N4O/c28-23-21-5-2-9-25-22(21)26-15-27(23)14-16-3-1-4-17(11-16)18-6-7-20-13-24-10-8-19(20)12-18/h1-13,15H,14H2. The minimum atomic E-state index is -0.0818. The number of hydrogen-bond acceptors (Lipinski definition) is 4. The fraction of sp³-hybridized carbons (Fsp3) is 0.0435. The summed E-state index contributed by atoms with van der Waals surface area (Å²) in [5, 5.41) is 2.80. The molecule has 0 aliphatic heterocycles. The number of fused-ring (bicyclic) bond motifs is 2. The number of benzene rings is 2. The van der Waals surface area contributed by atoms with Crippen molar-refractivity contribution in [3.8, 4) is 11.1 Å². The van der Waals surface area contributed by atoms with Crippen molar-refractivity contribution in [3.05, 3.63) is 101 Å². The number of aromatic nitrogens is 4. The molecule has 5 nitrogen and oxygen atoms in total. The van der Waals surface area contributed by atoms with Gasteiger partial charge < -0.3 is 0 Å². The second-order valence-corrected chi connectivity index (χ2v) is 6.69. The van der Waals surface area contributed by atoms with E-state index in [4.69, 9.17) is 0 Å². The van der Waals surface area contributed by atoms with E-state index in [1.165, 1.54) is 0 Å². The van der Waals surface area contributed by atoms with Gasteiger partial charge in [-0.1, -0.05) is 30.3 Å². The first-order valence-corrected chi connectivity index (χ1v) is 9.01. The molecule has 0 spiro atoms. The molecule has 134 valence electrons. The second-order valence-electron chi connectivity index (χ2n) is 6.69. The lowest BCUT2D eigenvalue weighted by molar-refractivity contribution is 0.747. The molecule has 5 heteroatoms. The van der Waals surface area contributed by atoms with Crippen molar-refractivity contribution in [1.29, 1.82) is 0 Å². The molecule has 0 atom stereocenters. The van der Waals surface area contributed by atoms with E-state index in [1.54, 1.807) is 35.4 Å². The highest BCUT2D eigenvalue weighted by molar-refractivity contribution is 5.86. The fourth-order valence-electron chi connectivity index (χ4n) is 3.42. The lowest BCUT2D eigenvalue weighted by Gasteiger charge is -2.09. The predicted molar refractivity (Wildman–Crippen MR) is 110 cm³/mol.